The molecule has 2 aromatic carbocycles. The first-order chi connectivity index (χ1) is 13.4. The molecule has 0 amide bonds. The minimum absolute atomic E-state index is 0.997. The van der Waals surface area contributed by atoms with Crippen LogP contribution in [-0.4, -0.2) is 18.2 Å². The van der Waals surface area contributed by atoms with Crippen LogP contribution < -0.4 is 0 Å². The predicted molar refractivity (Wildman–Crippen MR) is 122 cm³/mol. The number of nitrogens with zero attached hydrogens (tertiary/aromatic N) is 2. The third-order valence-corrected chi connectivity index (χ3v) is 5.72. The van der Waals surface area contributed by atoms with E-state index in [-0.39, 0.29) is 0 Å². The zero-order valence-corrected chi connectivity index (χ0v) is 17.3. The van der Waals surface area contributed by atoms with Crippen LogP contribution in [0.1, 0.15) is 44.0 Å². The topological polar surface area (TPSA) is 17.3 Å². The van der Waals surface area contributed by atoms with Crippen molar-refractivity contribution in [1.82, 2.24) is 4.48 Å². The monoisotopic (exact) mass is 364 g/mol. The lowest BCUT2D eigenvalue weighted by Gasteiger charge is -2.08. The van der Waals surface area contributed by atoms with E-state index in [9.17, 15) is 0 Å². The average molecular weight is 364 g/mol. The highest BCUT2D eigenvalue weighted by Crippen LogP contribution is 2.37. The molecule has 0 N–H and O–H groups in total. The molecule has 2 heterocycles. The van der Waals surface area contributed by atoms with Gasteiger partial charge in [0.1, 0.15) is 0 Å². The van der Waals surface area contributed by atoms with Crippen LogP contribution in [0.15, 0.2) is 64.3 Å². The number of allylic oxidation sites excluding steroid dienone is 2. The van der Waals surface area contributed by atoms with Gasteiger partial charge in [0.25, 0.3) is 0 Å². The van der Waals surface area contributed by atoms with Crippen molar-refractivity contribution in [2.24, 2.45) is 4.99 Å². The van der Waals surface area contributed by atoms with E-state index in [1.807, 2.05) is 4.48 Å². The van der Waals surface area contributed by atoms with Gasteiger partial charge in [-0.25, -0.2) is 0 Å². The summed E-state index contributed by atoms with van der Waals surface area (Å²) < 4.78 is 1.82. The van der Waals surface area contributed by atoms with Gasteiger partial charge in [0.15, 0.2) is 0 Å². The summed E-state index contributed by atoms with van der Waals surface area (Å²) in [4.78, 5) is 4.82. The van der Waals surface area contributed by atoms with Crippen molar-refractivity contribution >= 4 is 30.5 Å². The molecule has 1 aliphatic heterocycles. The Balaban J connectivity index is 1.99. The Morgan fingerprint density at radius 3 is 2.25 bits per heavy atom. The molecule has 0 spiro atoms. The summed E-state index contributed by atoms with van der Waals surface area (Å²) in [5, 5.41) is 2.33. The fourth-order valence-corrected chi connectivity index (χ4v) is 4.16. The van der Waals surface area contributed by atoms with E-state index < -0.39 is 0 Å². The van der Waals surface area contributed by atoms with E-state index in [0.717, 1.165) is 40.2 Å². The van der Waals surface area contributed by atoms with Crippen molar-refractivity contribution in [3.63, 3.8) is 0 Å². The number of benzene rings is 2. The summed E-state index contributed by atoms with van der Waals surface area (Å²) in [6.07, 6.45) is 3.14. The molecular formula is C25H25BN2. The van der Waals surface area contributed by atoms with Gasteiger partial charge in [-0.2, -0.15) is 0 Å². The van der Waals surface area contributed by atoms with Crippen LogP contribution in [0.25, 0.3) is 28.1 Å². The van der Waals surface area contributed by atoms with Gasteiger partial charge >= 0.3 is 0 Å². The summed E-state index contributed by atoms with van der Waals surface area (Å²) in [5.74, 6) is 0. The Hall–Kier alpha value is -2.81. The maximum atomic E-state index is 6.67. The maximum Gasteiger partial charge on any atom is 0.234 e. The summed E-state index contributed by atoms with van der Waals surface area (Å²) in [6, 6.07) is 15.1. The Bertz CT molecular complexity index is 1170. The molecule has 1 aromatic heterocycles. The highest BCUT2D eigenvalue weighted by molar-refractivity contribution is 6.17. The standard InChI is InChI=1S/C25H25BN2/c1-6-20-17(4)23(27-18(20)5)14-24-22-13-16(3)9-12-21(22)25(28(24)26)19-10-7-15(2)8-11-19/h7-14H,6H2,1-5H3/b23-14-. The molecule has 0 fully saturated rings. The zero-order valence-electron chi connectivity index (χ0n) is 17.3. The van der Waals surface area contributed by atoms with Crippen molar-refractivity contribution in [3.8, 4) is 11.3 Å². The molecule has 3 aromatic rings. The van der Waals surface area contributed by atoms with Crippen LogP contribution in [0.3, 0.4) is 0 Å². The Kier molecular flexibility index (Phi) is 4.62. The lowest BCUT2D eigenvalue weighted by Crippen LogP contribution is -1.98. The van der Waals surface area contributed by atoms with Gasteiger partial charge in [0, 0.05) is 27.9 Å². The molecule has 0 unspecified atom stereocenters. The van der Waals surface area contributed by atoms with Gasteiger partial charge in [0.05, 0.1) is 5.70 Å². The number of aliphatic imine (C=N–C) groups is 1. The Morgan fingerprint density at radius 1 is 0.929 bits per heavy atom. The molecule has 138 valence electrons. The highest BCUT2D eigenvalue weighted by atomic mass is 14.9. The second kappa shape index (κ2) is 6.98. The van der Waals surface area contributed by atoms with Crippen molar-refractivity contribution in [3.05, 3.63) is 76.1 Å². The van der Waals surface area contributed by atoms with Gasteiger partial charge in [-0.1, -0.05) is 54.4 Å². The summed E-state index contributed by atoms with van der Waals surface area (Å²) in [6.45, 7) is 10.6. The highest BCUT2D eigenvalue weighted by Gasteiger charge is 2.19. The molecule has 1 aliphatic rings. The summed E-state index contributed by atoms with van der Waals surface area (Å²) >= 11 is 0. The third-order valence-electron chi connectivity index (χ3n) is 5.72. The van der Waals surface area contributed by atoms with Crippen LogP contribution in [-0.2, 0) is 0 Å². The quantitative estimate of drug-likeness (QED) is 0.479. The van der Waals surface area contributed by atoms with Crippen LogP contribution in [0.5, 0.6) is 0 Å². The number of hydrogen-bond donors (Lipinski definition) is 0. The van der Waals surface area contributed by atoms with E-state index in [0.29, 0.717) is 0 Å². The predicted octanol–water partition coefficient (Wildman–Crippen LogP) is 6.40. The zero-order chi connectivity index (χ0) is 20.0. The van der Waals surface area contributed by atoms with Crippen molar-refractivity contribution < 1.29 is 0 Å². The molecule has 0 atom stereocenters. The molecule has 4 rings (SSSR count). The molecule has 0 bridgehead atoms. The molecule has 0 saturated heterocycles. The number of rotatable bonds is 3. The number of aromatic nitrogens is 1. The summed E-state index contributed by atoms with van der Waals surface area (Å²) in [7, 11) is 6.67. The van der Waals surface area contributed by atoms with E-state index in [2.05, 4.69) is 83.2 Å². The van der Waals surface area contributed by atoms with Crippen LogP contribution in [0.2, 0.25) is 0 Å². The number of hydrogen-bond acceptors (Lipinski definition) is 1. The van der Waals surface area contributed by atoms with E-state index in [1.165, 1.54) is 27.7 Å². The SMILES string of the molecule is [B]n1c(/C=C2\N=C(C)C(CC)=C2C)c2cc(C)ccc2c1-c1ccc(C)cc1. The second-order valence-corrected chi connectivity index (χ2v) is 7.70. The Morgan fingerprint density at radius 2 is 1.61 bits per heavy atom. The Labute approximate surface area is 168 Å². The van der Waals surface area contributed by atoms with Crippen molar-refractivity contribution in [1.29, 1.82) is 0 Å². The largest absolute Gasteiger partial charge is 0.396 e. The van der Waals surface area contributed by atoms with Crippen LogP contribution in [0, 0.1) is 13.8 Å². The van der Waals surface area contributed by atoms with Gasteiger partial charge < -0.3 is 4.48 Å². The normalized spacial score (nSPS) is 15.8. The first-order valence-electron chi connectivity index (χ1n) is 9.85. The van der Waals surface area contributed by atoms with Crippen molar-refractivity contribution in [2.75, 3.05) is 0 Å². The smallest absolute Gasteiger partial charge is 0.234 e. The van der Waals surface area contributed by atoms with E-state index in [1.54, 1.807) is 0 Å². The minimum atomic E-state index is 0.997. The number of aryl methyl sites for hydroxylation is 2. The van der Waals surface area contributed by atoms with Gasteiger partial charge in [-0.05, 0) is 63.0 Å². The van der Waals surface area contributed by atoms with Gasteiger partial charge in [0.2, 0.25) is 7.98 Å². The first kappa shape index (κ1) is 18.6. The van der Waals surface area contributed by atoms with Gasteiger partial charge in [-0.15, -0.1) is 0 Å². The van der Waals surface area contributed by atoms with E-state index in [4.69, 9.17) is 13.0 Å². The molecule has 0 aliphatic carbocycles. The molecule has 2 radical (unpaired) electrons. The second-order valence-electron chi connectivity index (χ2n) is 7.70. The fraction of sp³-hybridized carbons (Fsp3) is 0.240. The van der Waals surface area contributed by atoms with Crippen molar-refractivity contribution in [2.45, 2.75) is 41.0 Å². The van der Waals surface area contributed by atoms with Gasteiger partial charge in [-0.3, -0.25) is 4.99 Å². The fourth-order valence-electron chi connectivity index (χ4n) is 4.16. The minimum Gasteiger partial charge on any atom is -0.396 e. The lowest BCUT2D eigenvalue weighted by atomic mass is 10.0. The first-order valence-corrected chi connectivity index (χ1v) is 9.85. The maximum absolute atomic E-state index is 6.67. The van der Waals surface area contributed by atoms with E-state index >= 15 is 0 Å². The lowest BCUT2D eigenvalue weighted by molar-refractivity contribution is 1.15. The molecular weight excluding hydrogens is 339 g/mol. The number of fused-ring (bicyclic) bond motifs is 1. The summed E-state index contributed by atoms with van der Waals surface area (Å²) in [5.41, 5.74) is 10.3. The molecule has 2 nitrogen and oxygen atoms in total. The molecule has 0 saturated carbocycles. The third kappa shape index (κ3) is 2.95. The molecule has 28 heavy (non-hydrogen) atoms. The molecule has 3 heteroatoms. The van der Waals surface area contributed by atoms with Crippen LogP contribution in [0.4, 0.5) is 0 Å². The van der Waals surface area contributed by atoms with Crippen LogP contribution >= 0.6 is 0 Å². The average Bonchev–Trinajstić information content (AvgIpc) is 3.09.